The van der Waals surface area contributed by atoms with Crippen molar-refractivity contribution in [1.29, 1.82) is 0 Å². The van der Waals surface area contributed by atoms with E-state index >= 15 is 0 Å². The summed E-state index contributed by atoms with van der Waals surface area (Å²) in [6.07, 6.45) is 0. The molecule has 14 heavy (non-hydrogen) atoms. The molecule has 2 rings (SSSR count). The average Bonchev–Trinajstić information content (AvgIpc) is 2.47. The van der Waals surface area contributed by atoms with Crippen LogP contribution in [0.3, 0.4) is 0 Å². The molecular formula is C10H16N2O2. The number of hydrogen-bond acceptors (Lipinski definition) is 4. The molecule has 0 N–H and O–H groups in total. The normalized spacial score (nSPS) is 18.7. The highest BCUT2D eigenvalue weighted by molar-refractivity contribution is 5.07. The Hall–Kier alpha value is -0.870. The minimum atomic E-state index is 0.755. The van der Waals surface area contributed by atoms with Crippen LogP contribution >= 0.6 is 0 Å². The lowest BCUT2D eigenvalue weighted by Gasteiger charge is -2.25. The van der Waals surface area contributed by atoms with Gasteiger partial charge in [0.2, 0.25) is 0 Å². The molecule has 0 saturated carbocycles. The highest BCUT2D eigenvalue weighted by Crippen LogP contribution is 2.12. The Morgan fingerprint density at radius 2 is 2.00 bits per heavy atom. The van der Waals surface area contributed by atoms with Crippen LogP contribution in [0.5, 0.6) is 0 Å². The van der Waals surface area contributed by atoms with E-state index in [-0.39, 0.29) is 0 Å². The van der Waals surface area contributed by atoms with Gasteiger partial charge < -0.3 is 9.15 Å². The van der Waals surface area contributed by atoms with Crippen molar-refractivity contribution in [3.05, 3.63) is 17.3 Å². The van der Waals surface area contributed by atoms with Crippen molar-refractivity contribution in [3.8, 4) is 0 Å². The molecule has 0 bridgehead atoms. The van der Waals surface area contributed by atoms with Crippen LogP contribution in [0.2, 0.25) is 0 Å². The van der Waals surface area contributed by atoms with Crippen LogP contribution in [-0.2, 0) is 11.3 Å². The van der Waals surface area contributed by atoms with Crippen LogP contribution in [0.15, 0.2) is 4.42 Å². The molecular weight excluding hydrogens is 180 g/mol. The maximum Gasteiger partial charge on any atom is 0.191 e. The predicted octanol–water partition coefficient (Wildman–Crippen LogP) is 1.12. The predicted molar refractivity (Wildman–Crippen MR) is 52.1 cm³/mol. The van der Waals surface area contributed by atoms with Gasteiger partial charge in [-0.2, -0.15) is 0 Å². The number of nitrogens with zero attached hydrogens (tertiary/aromatic N) is 2. The molecule has 0 amide bonds. The summed E-state index contributed by atoms with van der Waals surface area (Å²) in [7, 11) is 0. The van der Waals surface area contributed by atoms with E-state index in [1.54, 1.807) is 0 Å². The van der Waals surface area contributed by atoms with Gasteiger partial charge in [0.15, 0.2) is 5.89 Å². The van der Waals surface area contributed by atoms with E-state index in [0.717, 1.165) is 50.2 Å². The Labute approximate surface area is 83.9 Å². The molecule has 1 aromatic heterocycles. The van der Waals surface area contributed by atoms with Gasteiger partial charge >= 0.3 is 0 Å². The lowest BCUT2D eigenvalue weighted by Crippen LogP contribution is -2.35. The standard InChI is InChI=1S/C10H16N2O2/c1-8-10(14-9(2)11-8)7-12-3-5-13-6-4-12/h3-7H2,1-2H3. The largest absolute Gasteiger partial charge is 0.444 e. The lowest BCUT2D eigenvalue weighted by molar-refractivity contribution is 0.0311. The van der Waals surface area contributed by atoms with Gasteiger partial charge in [0.1, 0.15) is 5.76 Å². The smallest absolute Gasteiger partial charge is 0.191 e. The third kappa shape index (κ3) is 2.13. The molecule has 4 nitrogen and oxygen atoms in total. The minimum Gasteiger partial charge on any atom is -0.444 e. The first-order valence-corrected chi connectivity index (χ1v) is 4.99. The number of aromatic nitrogens is 1. The van der Waals surface area contributed by atoms with Crippen LogP contribution in [0.4, 0.5) is 0 Å². The Kier molecular flexibility index (Phi) is 2.84. The molecule has 1 aliphatic heterocycles. The SMILES string of the molecule is Cc1nc(C)c(CN2CCOCC2)o1. The van der Waals surface area contributed by atoms with E-state index in [1.807, 2.05) is 13.8 Å². The molecule has 1 fully saturated rings. The average molecular weight is 196 g/mol. The summed E-state index contributed by atoms with van der Waals surface area (Å²) in [5, 5.41) is 0. The summed E-state index contributed by atoms with van der Waals surface area (Å²) >= 11 is 0. The monoisotopic (exact) mass is 196 g/mol. The zero-order chi connectivity index (χ0) is 9.97. The van der Waals surface area contributed by atoms with Crippen LogP contribution in [0, 0.1) is 13.8 Å². The number of ether oxygens (including phenoxy) is 1. The summed E-state index contributed by atoms with van der Waals surface area (Å²) < 4.78 is 10.8. The van der Waals surface area contributed by atoms with Gasteiger partial charge in [-0.3, -0.25) is 4.90 Å². The fourth-order valence-corrected chi connectivity index (χ4v) is 1.68. The zero-order valence-corrected chi connectivity index (χ0v) is 8.75. The van der Waals surface area contributed by atoms with Crippen molar-refractivity contribution in [3.63, 3.8) is 0 Å². The molecule has 2 heterocycles. The van der Waals surface area contributed by atoms with E-state index < -0.39 is 0 Å². The topological polar surface area (TPSA) is 38.5 Å². The number of oxazole rings is 1. The highest BCUT2D eigenvalue weighted by Gasteiger charge is 2.14. The lowest BCUT2D eigenvalue weighted by atomic mass is 10.3. The van der Waals surface area contributed by atoms with Crippen LogP contribution < -0.4 is 0 Å². The van der Waals surface area contributed by atoms with Gasteiger partial charge in [0, 0.05) is 20.0 Å². The summed E-state index contributed by atoms with van der Waals surface area (Å²) in [5.41, 5.74) is 1.01. The van der Waals surface area contributed by atoms with Gasteiger partial charge in [-0.15, -0.1) is 0 Å². The van der Waals surface area contributed by atoms with Crippen molar-refractivity contribution in [1.82, 2.24) is 9.88 Å². The summed E-state index contributed by atoms with van der Waals surface area (Å²) in [4.78, 5) is 6.58. The van der Waals surface area contributed by atoms with Crippen molar-refractivity contribution in [2.45, 2.75) is 20.4 Å². The molecule has 0 aromatic carbocycles. The molecule has 1 aromatic rings. The minimum absolute atomic E-state index is 0.755. The van der Waals surface area contributed by atoms with E-state index in [2.05, 4.69) is 9.88 Å². The van der Waals surface area contributed by atoms with Crippen molar-refractivity contribution >= 4 is 0 Å². The van der Waals surface area contributed by atoms with E-state index in [4.69, 9.17) is 9.15 Å². The highest BCUT2D eigenvalue weighted by atomic mass is 16.5. The molecule has 1 saturated heterocycles. The third-order valence-electron chi connectivity index (χ3n) is 2.47. The summed E-state index contributed by atoms with van der Waals surface area (Å²) in [6, 6.07) is 0. The first-order chi connectivity index (χ1) is 6.75. The van der Waals surface area contributed by atoms with Gasteiger partial charge in [-0.05, 0) is 6.92 Å². The Morgan fingerprint density at radius 3 is 2.57 bits per heavy atom. The van der Waals surface area contributed by atoms with E-state index in [1.165, 1.54) is 0 Å². The second kappa shape index (κ2) is 4.11. The molecule has 0 unspecified atom stereocenters. The molecule has 0 spiro atoms. The fourth-order valence-electron chi connectivity index (χ4n) is 1.68. The van der Waals surface area contributed by atoms with E-state index in [9.17, 15) is 0 Å². The van der Waals surface area contributed by atoms with Gasteiger partial charge in [-0.1, -0.05) is 0 Å². The first-order valence-electron chi connectivity index (χ1n) is 4.99. The Bertz CT molecular complexity index is 303. The molecule has 0 atom stereocenters. The zero-order valence-electron chi connectivity index (χ0n) is 8.75. The number of aryl methyl sites for hydroxylation is 2. The quantitative estimate of drug-likeness (QED) is 0.710. The van der Waals surface area contributed by atoms with Crippen molar-refractivity contribution in [2.75, 3.05) is 26.3 Å². The molecule has 4 heteroatoms. The van der Waals surface area contributed by atoms with E-state index in [0.29, 0.717) is 0 Å². The molecule has 0 radical (unpaired) electrons. The maximum atomic E-state index is 5.52. The summed E-state index contributed by atoms with van der Waals surface area (Å²) in [5.74, 6) is 1.75. The van der Waals surface area contributed by atoms with Gasteiger partial charge in [-0.25, -0.2) is 4.98 Å². The second-order valence-electron chi connectivity index (χ2n) is 3.63. The van der Waals surface area contributed by atoms with Crippen LogP contribution in [-0.4, -0.2) is 36.2 Å². The third-order valence-corrected chi connectivity index (χ3v) is 2.47. The van der Waals surface area contributed by atoms with Crippen LogP contribution in [0.1, 0.15) is 17.3 Å². The van der Waals surface area contributed by atoms with Gasteiger partial charge in [0.05, 0.1) is 25.5 Å². The Morgan fingerprint density at radius 1 is 1.29 bits per heavy atom. The second-order valence-corrected chi connectivity index (χ2v) is 3.63. The number of rotatable bonds is 2. The number of morpholine rings is 1. The fraction of sp³-hybridized carbons (Fsp3) is 0.700. The molecule has 78 valence electrons. The first kappa shape index (κ1) is 9.68. The number of hydrogen-bond donors (Lipinski definition) is 0. The van der Waals surface area contributed by atoms with Crippen molar-refractivity contribution in [2.24, 2.45) is 0 Å². The van der Waals surface area contributed by atoms with Crippen molar-refractivity contribution < 1.29 is 9.15 Å². The van der Waals surface area contributed by atoms with Gasteiger partial charge in [0.25, 0.3) is 0 Å². The molecule has 1 aliphatic rings. The van der Waals surface area contributed by atoms with Crippen LogP contribution in [0.25, 0.3) is 0 Å². The Balaban J connectivity index is 1.98. The summed E-state index contributed by atoms with van der Waals surface area (Å²) in [6.45, 7) is 8.36. The maximum absolute atomic E-state index is 5.52. The molecule has 0 aliphatic carbocycles.